The zero-order valence-corrected chi connectivity index (χ0v) is 19.5. The van der Waals surface area contributed by atoms with Crippen LogP contribution in [0.1, 0.15) is 7.65 Å². The fourth-order valence-corrected chi connectivity index (χ4v) is 5.23. The molecule has 0 aliphatic carbocycles. The number of ether oxygens (including phenoxy) is 1. The number of aromatic amines is 1. The van der Waals surface area contributed by atoms with Crippen LogP contribution < -0.4 is 40.8 Å². The number of aliphatic hydroxyl groups is 2. The van der Waals surface area contributed by atoms with Gasteiger partial charge in [0, 0.05) is 12.3 Å². The summed E-state index contributed by atoms with van der Waals surface area (Å²) in [5.41, 5.74) is -1.74. The molecule has 2 rings (SSSR count). The first-order chi connectivity index (χ1) is 13.1. The van der Waals surface area contributed by atoms with Crippen molar-refractivity contribution in [3.63, 3.8) is 0 Å². The minimum atomic E-state index is -5.73. The van der Waals surface area contributed by atoms with Crippen molar-refractivity contribution in [1.29, 1.82) is 0 Å². The third-order valence-corrected chi connectivity index (χ3v) is 7.08. The molecule has 21 heteroatoms. The molecule has 0 radical (unpaired) electrons. The van der Waals surface area contributed by atoms with Crippen molar-refractivity contribution in [1.82, 2.24) is 9.55 Å². The Bertz CT molecular complexity index is 1010. The second kappa shape index (κ2) is 10.3. The molecular weight excluding hydrogens is 492 g/mol. The number of aromatic nitrogens is 2. The van der Waals surface area contributed by atoms with E-state index in [0.717, 1.165) is 12.3 Å². The van der Waals surface area contributed by atoms with E-state index in [1.165, 1.54) is 0 Å². The van der Waals surface area contributed by atoms with Crippen molar-refractivity contribution >= 4 is 23.5 Å². The van der Waals surface area contributed by atoms with Crippen LogP contribution in [0.2, 0.25) is 0 Å². The monoisotopic (exact) mass is 508 g/mol. The van der Waals surface area contributed by atoms with Crippen LogP contribution in [0.3, 0.4) is 0 Å². The normalized spacial score (nSPS) is 28.3. The maximum Gasteiger partial charge on any atom is 1.00 e. The van der Waals surface area contributed by atoms with Crippen LogP contribution in [0.25, 0.3) is 0 Å². The van der Waals surface area contributed by atoms with Crippen molar-refractivity contribution in [3.8, 4) is 0 Å². The van der Waals surface area contributed by atoms with E-state index in [0.29, 0.717) is 4.57 Å². The predicted octanol–water partition coefficient (Wildman–Crippen LogP) is -5.38. The number of phosphoric ester groups is 1. The number of rotatable bonds is 8. The van der Waals surface area contributed by atoms with Gasteiger partial charge in [-0.25, -0.2) is 18.5 Å². The summed E-state index contributed by atoms with van der Waals surface area (Å²) < 4.78 is 50.6. The van der Waals surface area contributed by atoms with Crippen LogP contribution in [-0.4, -0.2) is 64.3 Å². The summed E-state index contributed by atoms with van der Waals surface area (Å²) in [4.78, 5) is 59.9. The SMILES string of the molecule is O=c1ccn([C@@H]2O[C@H](COP(=O)(O)OP(=O)(O)OP(=O)(O)O)[C@@H](O)[C@H]2O)c(=O)[nH]1.[H-].[Na+]. The molecule has 2 unspecified atom stereocenters. The van der Waals surface area contributed by atoms with Crippen molar-refractivity contribution in [2.45, 2.75) is 24.5 Å². The zero-order valence-electron chi connectivity index (χ0n) is 15.8. The van der Waals surface area contributed by atoms with Gasteiger partial charge in [0.1, 0.15) is 18.3 Å². The number of hydrogen-bond acceptors (Lipinski definition) is 11. The Morgan fingerprint density at radius 1 is 1.07 bits per heavy atom. The van der Waals surface area contributed by atoms with Gasteiger partial charge in [0.05, 0.1) is 6.61 Å². The van der Waals surface area contributed by atoms with Crippen LogP contribution >= 0.6 is 23.5 Å². The van der Waals surface area contributed by atoms with Gasteiger partial charge in [0.2, 0.25) is 0 Å². The van der Waals surface area contributed by atoms with Gasteiger partial charge in [0.25, 0.3) is 5.56 Å². The fraction of sp³-hybridized carbons (Fsp3) is 0.556. The van der Waals surface area contributed by atoms with E-state index in [1.807, 2.05) is 4.98 Å². The maximum atomic E-state index is 11.7. The second-order valence-corrected chi connectivity index (χ2v) is 9.87. The van der Waals surface area contributed by atoms with Gasteiger partial charge in [-0.1, -0.05) is 0 Å². The summed E-state index contributed by atoms with van der Waals surface area (Å²) in [6.45, 7) is -1.05. The number of aliphatic hydroxyl groups excluding tert-OH is 2. The van der Waals surface area contributed by atoms with E-state index < -0.39 is 65.9 Å². The molecule has 1 saturated heterocycles. The molecule has 2 heterocycles. The molecule has 1 aromatic rings. The molecule has 30 heavy (non-hydrogen) atoms. The maximum absolute atomic E-state index is 11.7. The summed E-state index contributed by atoms with van der Waals surface area (Å²) in [7, 11) is -16.8. The van der Waals surface area contributed by atoms with Crippen LogP contribution in [0, 0.1) is 0 Å². The molecule has 0 saturated carbocycles. The van der Waals surface area contributed by atoms with Crippen molar-refractivity contribution in [3.05, 3.63) is 33.1 Å². The fourth-order valence-electron chi connectivity index (χ4n) is 2.20. The average Bonchev–Trinajstić information content (AvgIpc) is 2.78. The van der Waals surface area contributed by atoms with E-state index in [2.05, 4.69) is 13.1 Å². The van der Waals surface area contributed by atoms with Gasteiger partial charge < -0.3 is 36.0 Å². The van der Waals surface area contributed by atoms with Gasteiger partial charge in [-0.05, 0) is 0 Å². The topological polar surface area (TPSA) is 264 Å². The van der Waals surface area contributed by atoms with Crippen LogP contribution in [0.4, 0.5) is 0 Å². The summed E-state index contributed by atoms with van der Waals surface area (Å²) in [5, 5.41) is 19.9. The Morgan fingerprint density at radius 2 is 1.67 bits per heavy atom. The molecule has 0 aromatic carbocycles. The van der Waals surface area contributed by atoms with Crippen molar-refractivity contribution in [2.24, 2.45) is 0 Å². The van der Waals surface area contributed by atoms with Crippen molar-refractivity contribution < 1.29 is 92.3 Å². The number of phosphoric acid groups is 3. The number of H-pyrrole nitrogens is 1. The van der Waals surface area contributed by atoms with Gasteiger partial charge in [-0.2, -0.15) is 8.62 Å². The van der Waals surface area contributed by atoms with E-state index in [1.54, 1.807) is 0 Å². The third-order valence-electron chi connectivity index (χ3n) is 3.28. The minimum absolute atomic E-state index is 0. The Kier molecular flexibility index (Phi) is 9.59. The molecule has 1 aromatic heterocycles. The molecule has 168 valence electrons. The molecule has 6 atom stereocenters. The van der Waals surface area contributed by atoms with Gasteiger partial charge in [0.15, 0.2) is 6.23 Å². The Balaban J connectivity index is 0.00000450. The molecule has 1 aliphatic rings. The largest absolute Gasteiger partial charge is 1.00 e. The van der Waals surface area contributed by atoms with Crippen LogP contribution in [-0.2, 0) is 31.6 Å². The Hall–Kier alpha value is -0.0300. The summed E-state index contributed by atoms with van der Waals surface area (Å²) >= 11 is 0. The first kappa shape index (κ1) is 28.0. The predicted molar refractivity (Wildman–Crippen MR) is 88.2 cm³/mol. The van der Waals surface area contributed by atoms with Gasteiger partial charge in [-0.15, -0.1) is 0 Å². The quantitative estimate of drug-likeness (QED) is 0.128. The average molecular weight is 508 g/mol. The molecule has 0 spiro atoms. The summed E-state index contributed by atoms with van der Waals surface area (Å²) in [6.07, 6.45) is -5.70. The first-order valence-electron chi connectivity index (χ1n) is 7.22. The molecule has 17 nitrogen and oxygen atoms in total. The minimum Gasteiger partial charge on any atom is -1.00 e. The molecule has 1 fully saturated rings. The van der Waals surface area contributed by atoms with Crippen molar-refractivity contribution in [2.75, 3.05) is 6.61 Å². The van der Waals surface area contributed by atoms with Gasteiger partial charge in [-0.3, -0.25) is 18.9 Å². The standard InChI is InChI=1S/C9H15N2O15P3.Na.H/c12-5-1-2-11(9(15)10-5)8-7(14)6(13)4(24-8)3-23-28(19,20)26-29(21,22)25-27(16,17)18;;/h1-2,4,6-8,13-14H,3H2,(H,19,20)(H,21,22)(H,10,12,15)(H2,16,17,18);;/q;+1;-1/t4-,6-,7-,8-;;/m1../s1. The molecule has 7 N–H and O–H groups in total. The second-order valence-electron chi connectivity index (χ2n) is 5.45. The number of nitrogens with one attached hydrogen (secondary N) is 1. The summed E-state index contributed by atoms with van der Waals surface area (Å²) in [5.74, 6) is 0. The Morgan fingerprint density at radius 3 is 2.20 bits per heavy atom. The first-order valence-corrected chi connectivity index (χ1v) is 11.7. The molecule has 0 amide bonds. The Labute approximate surface area is 189 Å². The number of hydrogen-bond donors (Lipinski definition) is 7. The van der Waals surface area contributed by atoms with Crippen LogP contribution in [0.15, 0.2) is 21.9 Å². The number of nitrogens with zero attached hydrogens (tertiary/aromatic N) is 1. The van der Waals surface area contributed by atoms with E-state index >= 15 is 0 Å². The van der Waals surface area contributed by atoms with E-state index in [9.17, 15) is 38.4 Å². The van der Waals surface area contributed by atoms with E-state index in [-0.39, 0.29) is 31.0 Å². The molecule has 1 aliphatic heterocycles. The smallest absolute Gasteiger partial charge is 1.00 e. The third kappa shape index (κ3) is 7.83. The molecular formula is C9H16N2NaO15P3. The molecule has 0 bridgehead atoms. The summed E-state index contributed by atoms with van der Waals surface area (Å²) in [6, 6.07) is 0.920. The zero-order chi connectivity index (χ0) is 22.2. The van der Waals surface area contributed by atoms with Crippen LogP contribution in [0.5, 0.6) is 0 Å². The van der Waals surface area contributed by atoms with Gasteiger partial charge >= 0.3 is 58.7 Å². The van der Waals surface area contributed by atoms with E-state index in [4.69, 9.17) is 19.4 Å².